The van der Waals surface area contributed by atoms with Gasteiger partial charge in [0.1, 0.15) is 11.6 Å². The van der Waals surface area contributed by atoms with Crippen LogP contribution in [0.5, 0.6) is 5.75 Å². The van der Waals surface area contributed by atoms with Crippen LogP contribution in [0.1, 0.15) is 10.4 Å². The zero-order chi connectivity index (χ0) is 25.2. The van der Waals surface area contributed by atoms with E-state index in [2.05, 4.69) is 10.2 Å². The molecule has 0 unspecified atom stereocenters. The van der Waals surface area contributed by atoms with Crippen LogP contribution in [0.25, 0.3) is 0 Å². The van der Waals surface area contributed by atoms with Gasteiger partial charge in [-0.25, -0.2) is 12.8 Å². The number of hydrogen-bond donors (Lipinski definition) is 1. The highest BCUT2D eigenvalue weighted by molar-refractivity contribution is 7.89. The first-order chi connectivity index (χ1) is 16.7. The van der Waals surface area contributed by atoms with E-state index in [1.807, 2.05) is 24.3 Å². The van der Waals surface area contributed by atoms with Gasteiger partial charge in [-0.2, -0.15) is 4.31 Å². The van der Waals surface area contributed by atoms with Crippen LogP contribution in [0.15, 0.2) is 65.6 Å². The van der Waals surface area contributed by atoms with E-state index in [9.17, 15) is 17.6 Å². The summed E-state index contributed by atoms with van der Waals surface area (Å²) in [6.07, 6.45) is 0. The average molecular weight is 538 g/mol. The first-order valence-electron chi connectivity index (χ1n) is 10.6. The van der Waals surface area contributed by atoms with Gasteiger partial charge in [-0.1, -0.05) is 23.2 Å². The van der Waals surface area contributed by atoms with Crippen molar-refractivity contribution < 1.29 is 22.3 Å². The summed E-state index contributed by atoms with van der Waals surface area (Å²) in [5.41, 5.74) is 0.779. The number of rotatable bonds is 6. The second-order valence-electron chi connectivity index (χ2n) is 7.81. The highest BCUT2D eigenvalue weighted by atomic mass is 35.5. The van der Waals surface area contributed by atoms with Crippen LogP contribution in [0.4, 0.5) is 15.8 Å². The molecule has 35 heavy (non-hydrogen) atoms. The minimum absolute atomic E-state index is 0.163. The molecule has 0 aromatic heterocycles. The second-order valence-corrected chi connectivity index (χ2v) is 10.6. The maximum absolute atomic E-state index is 14.5. The molecule has 1 heterocycles. The molecular weight excluding hydrogens is 516 g/mol. The third kappa shape index (κ3) is 5.54. The molecule has 0 spiro atoms. The first-order valence-corrected chi connectivity index (χ1v) is 12.8. The van der Waals surface area contributed by atoms with Gasteiger partial charge in [-0.3, -0.25) is 4.79 Å². The van der Waals surface area contributed by atoms with E-state index in [4.69, 9.17) is 27.9 Å². The molecule has 1 fully saturated rings. The summed E-state index contributed by atoms with van der Waals surface area (Å²) in [5, 5.41) is 3.04. The van der Waals surface area contributed by atoms with E-state index < -0.39 is 27.3 Å². The summed E-state index contributed by atoms with van der Waals surface area (Å²) >= 11 is 11.9. The van der Waals surface area contributed by atoms with Crippen LogP contribution in [-0.4, -0.2) is 51.9 Å². The number of piperazine rings is 1. The number of methoxy groups -OCH3 is 1. The van der Waals surface area contributed by atoms with Crippen LogP contribution in [0.3, 0.4) is 0 Å². The predicted molar refractivity (Wildman–Crippen MR) is 135 cm³/mol. The number of carbonyl (C=O) groups is 1. The van der Waals surface area contributed by atoms with Crippen LogP contribution in [0.2, 0.25) is 10.0 Å². The summed E-state index contributed by atoms with van der Waals surface area (Å²) in [4.78, 5) is 14.6. The minimum Gasteiger partial charge on any atom is -0.497 e. The normalized spacial score (nSPS) is 14.6. The molecule has 1 saturated heterocycles. The molecule has 0 saturated carbocycles. The Morgan fingerprint density at radius 1 is 0.971 bits per heavy atom. The minimum atomic E-state index is -3.94. The molecule has 4 rings (SSSR count). The van der Waals surface area contributed by atoms with Gasteiger partial charge in [-0.15, -0.1) is 0 Å². The Hall–Kier alpha value is -2.85. The maximum atomic E-state index is 14.5. The Kier molecular flexibility index (Phi) is 7.51. The van der Waals surface area contributed by atoms with Crippen LogP contribution >= 0.6 is 23.2 Å². The third-order valence-corrected chi connectivity index (χ3v) is 8.12. The standard InChI is InChI=1S/C24H22Cl2FN3O4S/c1-34-18-5-3-17(4-6-18)29-10-12-30(13-11-29)35(32,33)19-7-8-22(27)20(15-19)24(31)28-23-9-2-16(25)14-21(23)26/h2-9,14-15H,10-13H2,1H3,(H,28,31). The van der Waals surface area contributed by atoms with Crippen molar-refractivity contribution in [3.63, 3.8) is 0 Å². The summed E-state index contributed by atoms with van der Waals surface area (Å²) in [5.74, 6) is -0.937. The number of halogens is 3. The number of anilines is 2. The molecule has 1 aliphatic rings. The average Bonchev–Trinajstić information content (AvgIpc) is 2.86. The number of amides is 1. The lowest BCUT2D eigenvalue weighted by Crippen LogP contribution is -2.48. The Bertz CT molecular complexity index is 1350. The Morgan fingerprint density at radius 2 is 1.66 bits per heavy atom. The van der Waals surface area contributed by atoms with Gasteiger partial charge >= 0.3 is 0 Å². The molecule has 184 valence electrons. The predicted octanol–water partition coefficient (Wildman–Crippen LogP) is 4.90. The van der Waals surface area contributed by atoms with Crippen LogP contribution in [-0.2, 0) is 10.0 Å². The van der Waals surface area contributed by atoms with Crippen molar-refractivity contribution in [3.8, 4) is 5.75 Å². The summed E-state index contributed by atoms with van der Waals surface area (Å²) in [6.45, 7) is 1.45. The van der Waals surface area contributed by atoms with E-state index in [1.165, 1.54) is 22.5 Å². The number of nitrogens with one attached hydrogen (secondary N) is 1. The van der Waals surface area contributed by atoms with Crippen molar-refractivity contribution in [3.05, 3.63) is 82.1 Å². The van der Waals surface area contributed by atoms with Crippen LogP contribution < -0.4 is 15.0 Å². The Labute approximate surface area is 213 Å². The van der Waals surface area contributed by atoms with Gasteiger partial charge in [0.15, 0.2) is 0 Å². The Morgan fingerprint density at radius 3 is 2.29 bits per heavy atom. The Balaban J connectivity index is 1.49. The monoisotopic (exact) mass is 537 g/mol. The maximum Gasteiger partial charge on any atom is 0.258 e. The zero-order valence-electron chi connectivity index (χ0n) is 18.7. The SMILES string of the molecule is COc1ccc(N2CCN(S(=O)(=O)c3ccc(F)c(C(=O)Nc4ccc(Cl)cc4Cl)c3)CC2)cc1. The summed E-state index contributed by atoms with van der Waals surface area (Å²) < 4.78 is 47.5. The molecule has 3 aromatic rings. The molecule has 3 aromatic carbocycles. The van der Waals surface area contributed by atoms with Crippen molar-refractivity contribution in [1.29, 1.82) is 0 Å². The molecule has 0 bridgehead atoms. The fourth-order valence-electron chi connectivity index (χ4n) is 3.75. The van der Waals surface area contributed by atoms with Crippen LogP contribution in [0, 0.1) is 5.82 Å². The van der Waals surface area contributed by atoms with E-state index in [0.29, 0.717) is 18.1 Å². The number of ether oxygens (including phenoxy) is 1. The molecular formula is C24H22Cl2FN3O4S. The highest BCUT2D eigenvalue weighted by Crippen LogP contribution is 2.27. The number of benzene rings is 3. The van der Waals surface area contributed by atoms with E-state index in [-0.39, 0.29) is 28.7 Å². The van der Waals surface area contributed by atoms with Crippen molar-refractivity contribution in [2.24, 2.45) is 0 Å². The molecule has 1 N–H and O–H groups in total. The van der Waals surface area contributed by atoms with Gasteiger partial charge in [-0.05, 0) is 60.7 Å². The van der Waals surface area contributed by atoms with Crippen molar-refractivity contribution in [1.82, 2.24) is 4.31 Å². The fraction of sp³-hybridized carbons (Fsp3) is 0.208. The fourth-order valence-corrected chi connectivity index (χ4v) is 5.65. The molecule has 1 aliphatic heterocycles. The number of sulfonamides is 1. The zero-order valence-corrected chi connectivity index (χ0v) is 21.0. The van der Waals surface area contributed by atoms with Gasteiger partial charge in [0.05, 0.1) is 28.3 Å². The molecule has 0 radical (unpaired) electrons. The molecule has 0 atom stereocenters. The summed E-state index contributed by atoms with van der Waals surface area (Å²) in [6, 6.07) is 15.1. The largest absolute Gasteiger partial charge is 0.497 e. The van der Waals surface area contributed by atoms with E-state index >= 15 is 0 Å². The van der Waals surface area contributed by atoms with Crippen molar-refractivity contribution in [2.45, 2.75) is 4.90 Å². The third-order valence-electron chi connectivity index (χ3n) is 5.68. The number of carbonyl (C=O) groups excluding carboxylic acids is 1. The van der Waals surface area contributed by atoms with Crippen molar-refractivity contribution in [2.75, 3.05) is 43.5 Å². The van der Waals surface area contributed by atoms with Gasteiger partial charge in [0, 0.05) is 36.9 Å². The molecule has 1 amide bonds. The summed E-state index contributed by atoms with van der Waals surface area (Å²) in [7, 11) is -2.35. The van der Waals surface area contributed by atoms with E-state index in [0.717, 1.165) is 29.6 Å². The van der Waals surface area contributed by atoms with Gasteiger partial charge in [0.2, 0.25) is 10.0 Å². The molecule has 0 aliphatic carbocycles. The van der Waals surface area contributed by atoms with Gasteiger partial charge in [0.25, 0.3) is 5.91 Å². The smallest absolute Gasteiger partial charge is 0.258 e. The lowest BCUT2D eigenvalue weighted by Gasteiger charge is -2.35. The topological polar surface area (TPSA) is 79.0 Å². The molecule has 11 heteroatoms. The number of hydrogen-bond acceptors (Lipinski definition) is 5. The molecule has 7 nitrogen and oxygen atoms in total. The first kappa shape index (κ1) is 25.2. The van der Waals surface area contributed by atoms with Crippen molar-refractivity contribution >= 4 is 50.5 Å². The van der Waals surface area contributed by atoms with Gasteiger partial charge < -0.3 is 15.0 Å². The number of nitrogens with zero attached hydrogens (tertiary/aromatic N) is 2. The highest BCUT2D eigenvalue weighted by Gasteiger charge is 2.30. The lowest BCUT2D eigenvalue weighted by molar-refractivity contribution is 0.102. The second kappa shape index (κ2) is 10.4. The quantitative estimate of drug-likeness (QED) is 0.483. The van der Waals surface area contributed by atoms with E-state index in [1.54, 1.807) is 7.11 Å². The lowest BCUT2D eigenvalue weighted by atomic mass is 10.2.